The van der Waals surface area contributed by atoms with E-state index in [9.17, 15) is 23.6 Å². The smallest absolute Gasteiger partial charge is 0.331 e. The predicted octanol–water partition coefficient (Wildman–Crippen LogP) is 3.11. The molecule has 3 aromatic rings. The predicted molar refractivity (Wildman–Crippen MR) is 146 cm³/mol. The average Bonchev–Trinajstić information content (AvgIpc) is 3.10. The van der Waals surface area contributed by atoms with Crippen molar-refractivity contribution in [2.24, 2.45) is 0 Å². The summed E-state index contributed by atoms with van der Waals surface area (Å²) in [5.41, 5.74) is 1.29. The van der Waals surface area contributed by atoms with Crippen LogP contribution < -0.4 is 11.2 Å². The molecule has 1 saturated heterocycles. The van der Waals surface area contributed by atoms with Crippen molar-refractivity contribution in [2.45, 2.75) is 51.7 Å². The van der Waals surface area contributed by atoms with E-state index in [0.717, 1.165) is 16.6 Å². The van der Waals surface area contributed by atoms with Crippen LogP contribution in [0, 0.1) is 5.82 Å². The zero-order valence-electron chi connectivity index (χ0n) is 21.7. The summed E-state index contributed by atoms with van der Waals surface area (Å²) in [6.45, 7) is 3.07. The molecule has 0 saturated carbocycles. The number of likely N-dealkylation sites (tertiary alicyclic amines) is 1. The van der Waals surface area contributed by atoms with Gasteiger partial charge in [-0.15, -0.1) is 0 Å². The lowest BCUT2D eigenvalue weighted by atomic mass is 10.0. The van der Waals surface area contributed by atoms with Crippen LogP contribution in [0.5, 0.6) is 0 Å². The Morgan fingerprint density at radius 2 is 1.69 bits per heavy atom. The minimum absolute atomic E-state index is 0.0492. The molecule has 2 aliphatic heterocycles. The molecular weight excluding hydrogens is 523 g/mol. The number of rotatable bonds is 5. The normalized spacial score (nSPS) is 16.2. The number of aromatic nitrogens is 2. The molecule has 204 valence electrons. The Hall–Kier alpha value is -3.72. The van der Waals surface area contributed by atoms with E-state index >= 15 is 0 Å². The number of hydrogen-bond acceptors (Lipinski definition) is 4. The van der Waals surface area contributed by atoms with Crippen LogP contribution in [0.15, 0.2) is 58.3 Å². The summed E-state index contributed by atoms with van der Waals surface area (Å²) in [5, 5.41) is -0.220. The molecule has 39 heavy (non-hydrogen) atoms. The third kappa shape index (κ3) is 5.28. The maximum atomic E-state index is 14.1. The average molecular weight is 553 g/mol. The molecule has 8 nitrogen and oxygen atoms in total. The first-order valence-electron chi connectivity index (χ1n) is 13.2. The molecule has 2 aromatic carbocycles. The number of benzene rings is 2. The van der Waals surface area contributed by atoms with E-state index in [1.54, 1.807) is 11.8 Å². The number of piperidine rings is 1. The Labute approximate surface area is 230 Å². The van der Waals surface area contributed by atoms with Crippen LogP contribution in [0.25, 0.3) is 11.1 Å². The van der Waals surface area contributed by atoms with Gasteiger partial charge in [0.15, 0.2) is 0 Å². The maximum Gasteiger partial charge on any atom is 0.331 e. The molecule has 0 spiro atoms. The summed E-state index contributed by atoms with van der Waals surface area (Å²) in [4.78, 5) is 55.9. The largest absolute Gasteiger partial charge is 0.341 e. The molecular formula is C29H30ClFN4O4. The number of amides is 2. The fourth-order valence-electron chi connectivity index (χ4n) is 5.61. The van der Waals surface area contributed by atoms with Crippen LogP contribution in [0.4, 0.5) is 4.39 Å². The van der Waals surface area contributed by atoms with Gasteiger partial charge in [-0.25, -0.2) is 9.18 Å². The second-order valence-electron chi connectivity index (χ2n) is 10.00. The Morgan fingerprint density at radius 3 is 2.41 bits per heavy atom. The summed E-state index contributed by atoms with van der Waals surface area (Å²) < 4.78 is 16.3. The molecule has 10 heteroatoms. The highest BCUT2D eigenvalue weighted by Gasteiger charge is 2.31. The molecule has 2 amide bonds. The van der Waals surface area contributed by atoms with Gasteiger partial charge in [-0.05, 0) is 43.4 Å². The van der Waals surface area contributed by atoms with Crippen molar-refractivity contribution < 1.29 is 14.0 Å². The summed E-state index contributed by atoms with van der Waals surface area (Å²) in [7, 11) is 0. The first-order valence-corrected chi connectivity index (χ1v) is 13.6. The highest BCUT2D eigenvalue weighted by atomic mass is 35.5. The van der Waals surface area contributed by atoms with Gasteiger partial charge in [-0.3, -0.25) is 23.5 Å². The van der Waals surface area contributed by atoms with Crippen molar-refractivity contribution in [1.82, 2.24) is 18.9 Å². The lowest BCUT2D eigenvalue weighted by Gasteiger charge is -2.38. The third-order valence-corrected chi connectivity index (χ3v) is 8.15. The van der Waals surface area contributed by atoms with Gasteiger partial charge in [0.05, 0.1) is 17.0 Å². The molecule has 0 bridgehead atoms. The van der Waals surface area contributed by atoms with Crippen LogP contribution >= 0.6 is 11.6 Å². The van der Waals surface area contributed by atoms with E-state index in [0.29, 0.717) is 38.9 Å². The molecule has 0 unspecified atom stereocenters. The quantitative estimate of drug-likeness (QED) is 0.487. The molecule has 0 N–H and O–H groups in total. The van der Waals surface area contributed by atoms with Crippen molar-refractivity contribution in [1.29, 1.82) is 0 Å². The Morgan fingerprint density at radius 1 is 0.974 bits per heavy atom. The summed E-state index contributed by atoms with van der Waals surface area (Å²) in [6.07, 6.45) is 3.80. The van der Waals surface area contributed by atoms with Gasteiger partial charge in [0.2, 0.25) is 11.8 Å². The third-order valence-electron chi connectivity index (χ3n) is 7.76. The first-order chi connectivity index (χ1) is 18.8. The van der Waals surface area contributed by atoms with Gasteiger partial charge in [-0.1, -0.05) is 48.0 Å². The minimum atomic E-state index is -0.680. The molecule has 2 aliphatic rings. The van der Waals surface area contributed by atoms with Crippen LogP contribution in [0.2, 0.25) is 5.02 Å². The van der Waals surface area contributed by atoms with E-state index in [1.165, 1.54) is 34.5 Å². The van der Waals surface area contributed by atoms with Gasteiger partial charge in [0.25, 0.3) is 5.56 Å². The van der Waals surface area contributed by atoms with Crippen molar-refractivity contribution in [3.8, 4) is 11.1 Å². The fraction of sp³-hybridized carbons (Fsp3) is 0.379. The van der Waals surface area contributed by atoms with Crippen molar-refractivity contribution in [3.63, 3.8) is 0 Å². The van der Waals surface area contributed by atoms with Crippen molar-refractivity contribution in [3.05, 3.63) is 91.5 Å². The number of carbonyl (C=O) groups excluding carboxylic acids is 2. The highest BCUT2D eigenvalue weighted by molar-refractivity contribution is 6.33. The standard InChI is InChI=1S/C29H30ClFN4O4/c1-2-34-28(38)23(22-8-5-9-24(31)27(22)30)17-33(29(34)39)18-26(37)32-13-11-21(12-14-32)35-15-10-19-6-3-4-7-20(19)16-25(35)36/h3-9,17,21H,2,10-16,18H2,1H3. The lowest BCUT2D eigenvalue weighted by Crippen LogP contribution is -2.50. The highest BCUT2D eigenvalue weighted by Crippen LogP contribution is 2.28. The molecule has 0 radical (unpaired) electrons. The molecule has 1 fully saturated rings. The molecule has 0 atom stereocenters. The zero-order valence-corrected chi connectivity index (χ0v) is 22.5. The van der Waals surface area contributed by atoms with E-state index in [1.807, 2.05) is 23.1 Å². The maximum absolute atomic E-state index is 14.1. The molecule has 3 heterocycles. The van der Waals surface area contributed by atoms with E-state index in [2.05, 4.69) is 6.07 Å². The number of carbonyl (C=O) groups is 2. The van der Waals surface area contributed by atoms with Crippen LogP contribution in [0.3, 0.4) is 0 Å². The van der Waals surface area contributed by atoms with Crippen LogP contribution in [0.1, 0.15) is 30.9 Å². The second kappa shape index (κ2) is 11.2. The summed E-state index contributed by atoms with van der Waals surface area (Å²) in [5.74, 6) is -0.829. The zero-order chi connectivity index (χ0) is 27.7. The monoisotopic (exact) mass is 552 g/mol. The van der Waals surface area contributed by atoms with Crippen LogP contribution in [-0.4, -0.2) is 56.4 Å². The van der Waals surface area contributed by atoms with Gasteiger partial charge in [-0.2, -0.15) is 0 Å². The molecule has 1 aromatic heterocycles. The van der Waals surface area contributed by atoms with Gasteiger partial charge < -0.3 is 9.80 Å². The summed E-state index contributed by atoms with van der Waals surface area (Å²) >= 11 is 6.13. The van der Waals surface area contributed by atoms with Crippen LogP contribution in [-0.2, 0) is 35.5 Å². The van der Waals surface area contributed by atoms with E-state index in [-0.39, 0.29) is 47.1 Å². The molecule has 0 aliphatic carbocycles. The number of fused-ring (bicyclic) bond motifs is 1. The topological polar surface area (TPSA) is 84.6 Å². The Balaban J connectivity index is 1.30. The van der Waals surface area contributed by atoms with Gasteiger partial charge >= 0.3 is 5.69 Å². The first kappa shape index (κ1) is 26.9. The van der Waals surface area contributed by atoms with Gasteiger partial charge in [0, 0.05) is 44.0 Å². The van der Waals surface area contributed by atoms with Crippen molar-refractivity contribution in [2.75, 3.05) is 19.6 Å². The number of nitrogens with zero attached hydrogens (tertiary/aromatic N) is 4. The molecule has 5 rings (SSSR count). The second-order valence-corrected chi connectivity index (χ2v) is 10.4. The lowest BCUT2D eigenvalue weighted by molar-refractivity contribution is -0.136. The number of hydrogen-bond donors (Lipinski definition) is 0. The van der Waals surface area contributed by atoms with E-state index in [4.69, 9.17) is 11.6 Å². The van der Waals surface area contributed by atoms with Crippen molar-refractivity contribution >= 4 is 23.4 Å². The SMILES string of the molecule is CCn1c(=O)c(-c2cccc(F)c2Cl)cn(CC(=O)N2CCC(N3CCc4ccccc4CC3=O)CC2)c1=O. The van der Waals surface area contributed by atoms with Gasteiger partial charge in [0.1, 0.15) is 12.4 Å². The van der Waals surface area contributed by atoms with E-state index < -0.39 is 17.1 Å². The number of halogens is 2. The fourth-order valence-corrected chi connectivity index (χ4v) is 5.83. The Bertz CT molecular complexity index is 1540. The Kier molecular flexibility index (Phi) is 7.70. The minimum Gasteiger partial charge on any atom is -0.341 e. The summed E-state index contributed by atoms with van der Waals surface area (Å²) in [6, 6.07) is 12.2.